The molecule has 0 spiro atoms. The summed E-state index contributed by atoms with van der Waals surface area (Å²) in [6, 6.07) is 0. The summed E-state index contributed by atoms with van der Waals surface area (Å²) in [5, 5.41) is 35.2. The maximum atomic E-state index is 10.6. The minimum absolute atomic E-state index is 0.713. The lowest BCUT2D eigenvalue weighted by atomic mass is 9.96. The number of Topliss-reactive ketones (excluding diaryl/α,β-unsaturated/α-hetero) is 1. The molecule has 0 unspecified atom stereocenters. The van der Waals surface area contributed by atoms with Crippen LogP contribution >= 0.6 is 0 Å². The van der Waals surface area contributed by atoms with Gasteiger partial charge in [0.1, 0.15) is 18.3 Å². The molecule has 0 saturated heterocycles. The molecule has 0 fully saturated rings. The van der Waals surface area contributed by atoms with E-state index in [0.29, 0.717) is 0 Å². The van der Waals surface area contributed by atoms with E-state index in [1.807, 2.05) is 0 Å². The third-order valence-electron chi connectivity index (χ3n) is 1.52. The summed E-state index contributed by atoms with van der Waals surface area (Å²) >= 11 is 0. The van der Waals surface area contributed by atoms with Gasteiger partial charge in [-0.2, -0.15) is 0 Å². The number of rotatable bonds is 0. The quantitative estimate of drug-likeness (QED) is 0.331. The van der Waals surface area contributed by atoms with Gasteiger partial charge in [0.2, 0.25) is 5.78 Å². The Morgan fingerprint density at radius 2 is 1.82 bits per heavy atom. The highest BCUT2D eigenvalue weighted by atomic mass is 16.4. The number of ketones is 1. The fourth-order valence-electron chi connectivity index (χ4n) is 0.836. The van der Waals surface area contributed by atoms with Crippen molar-refractivity contribution in [3.63, 3.8) is 0 Å². The first-order chi connectivity index (χ1) is 5.04. The lowest BCUT2D eigenvalue weighted by Gasteiger charge is -2.23. The molecule has 0 heterocycles. The Morgan fingerprint density at radius 1 is 1.27 bits per heavy atom. The van der Waals surface area contributed by atoms with Crippen LogP contribution in [0.2, 0.25) is 0 Å². The lowest BCUT2D eigenvalue weighted by Crippen LogP contribution is -2.45. The maximum absolute atomic E-state index is 10.6. The van der Waals surface area contributed by atoms with Crippen molar-refractivity contribution in [1.29, 1.82) is 0 Å². The molecule has 0 aromatic rings. The highest BCUT2D eigenvalue weighted by Crippen LogP contribution is 2.13. The largest absolute Gasteiger partial charge is 0.504 e. The van der Waals surface area contributed by atoms with Crippen LogP contribution in [0.15, 0.2) is 11.8 Å². The van der Waals surface area contributed by atoms with Crippen LogP contribution in [0, 0.1) is 0 Å². The predicted octanol–water partition coefficient (Wildman–Crippen LogP) is -1.91. The number of hydrogen-bond donors (Lipinski definition) is 4. The zero-order valence-electron chi connectivity index (χ0n) is 5.51. The second kappa shape index (κ2) is 2.61. The summed E-state index contributed by atoms with van der Waals surface area (Å²) < 4.78 is 0. The molecule has 3 atom stereocenters. The van der Waals surface area contributed by atoms with Gasteiger partial charge >= 0.3 is 0 Å². The smallest absolute Gasteiger partial charge is 0.227 e. The van der Waals surface area contributed by atoms with Crippen LogP contribution in [-0.4, -0.2) is 44.5 Å². The molecule has 5 nitrogen and oxygen atoms in total. The summed E-state index contributed by atoms with van der Waals surface area (Å²) in [5.41, 5.74) is 0. The van der Waals surface area contributed by atoms with E-state index in [1.165, 1.54) is 0 Å². The molecule has 11 heavy (non-hydrogen) atoms. The van der Waals surface area contributed by atoms with Gasteiger partial charge in [-0.15, -0.1) is 0 Å². The van der Waals surface area contributed by atoms with Crippen LogP contribution in [0.3, 0.4) is 0 Å². The molecule has 0 amide bonds. The molecule has 62 valence electrons. The minimum Gasteiger partial charge on any atom is -0.504 e. The van der Waals surface area contributed by atoms with E-state index in [2.05, 4.69) is 0 Å². The molecule has 0 radical (unpaired) electrons. The van der Waals surface area contributed by atoms with E-state index < -0.39 is 29.9 Å². The van der Waals surface area contributed by atoms with Crippen LogP contribution < -0.4 is 0 Å². The van der Waals surface area contributed by atoms with Gasteiger partial charge in [0.15, 0.2) is 5.76 Å². The molecule has 0 bridgehead atoms. The van der Waals surface area contributed by atoms with Crippen molar-refractivity contribution in [2.24, 2.45) is 0 Å². The molecular weight excluding hydrogens is 152 g/mol. The molecule has 0 saturated carbocycles. The molecule has 1 rings (SSSR count). The van der Waals surface area contributed by atoms with E-state index in [4.69, 9.17) is 20.4 Å². The van der Waals surface area contributed by atoms with Crippen molar-refractivity contribution in [3.8, 4) is 0 Å². The summed E-state index contributed by atoms with van der Waals surface area (Å²) in [4.78, 5) is 10.6. The van der Waals surface area contributed by atoms with E-state index in [0.717, 1.165) is 6.08 Å². The Hall–Kier alpha value is -0.910. The van der Waals surface area contributed by atoms with Gasteiger partial charge in [0.25, 0.3) is 0 Å². The van der Waals surface area contributed by atoms with E-state index in [-0.39, 0.29) is 0 Å². The maximum Gasteiger partial charge on any atom is 0.227 e. The first-order valence-corrected chi connectivity index (χ1v) is 3.03. The summed E-state index contributed by atoms with van der Waals surface area (Å²) in [6.45, 7) is 0. The number of hydrogen-bond acceptors (Lipinski definition) is 5. The van der Waals surface area contributed by atoms with Gasteiger partial charge in [-0.3, -0.25) is 4.79 Å². The van der Waals surface area contributed by atoms with Crippen LogP contribution in [0.4, 0.5) is 0 Å². The fraction of sp³-hybridized carbons (Fsp3) is 0.500. The highest BCUT2D eigenvalue weighted by Gasteiger charge is 2.36. The normalized spacial score (nSPS) is 38.6. The number of carbonyl (C=O) groups is 1. The van der Waals surface area contributed by atoms with Gasteiger partial charge in [-0.1, -0.05) is 0 Å². The third kappa shape index (κ3) is 1.25. The second-order valence-corrected chi connectivity index (χ2v) is 2.34. The molecule has 5 heteroatoms. The number of carbonyl (C=O) groups excluding carboxylic acids is 1. The zero-order chi connectivity index (χ0) is 8.59. The summed E-state index contributed by atoms with van der Waals surface area (Å²) in [6.07, 6.45) is -3.87. The zero-order valence-corrected chi connectivity index (χ0v) is 5.51. The van der Waals surface area contributed by atoms with Gasteiger partial charge in [-0.25, -0.2) is 0 Å². The Balaban J connectivity index is 2.92. The Labute approximate surface area is 62.2 Å². The first-order valence-electron chi connectivity index (χ1n) is 3.03. The van der Waals surface area contributed by atoms with E-state index in [9.17, 15) is 4.79 Å². The van der Waals surface area contributed by atoms with Gasteiger partial charge in [0, 0.05) is 0 Å². The summed E-state index contributed by atoms with van der Waals surface area (Å²) in [7, 11) is 0. The molecule has 1 aliphatic rings. The first kappa shape index (κ1) is 8.19. The van der Waals surface area contributed by atoms with Crippen molar-refractivity contribution < 1.29 is 25.2 Å². The molecule has 0 aromatic heterocycles. The van der Waals surface area contributed by atoms with Crippen LogP contribution in [0.5, 0.6) is 0 Å². The number of aliphatic hydroxyl groups is 4. The fourth-order valence-corrected chi connectivity index (χ4v) is 0.836. The predicted molar refractivity (Wildman–Crippen MR) is 33.7 cm³/mol. The second-order valence-electron chi connectivity index (χ2n) is 2.34. The summed E-state index contributed by atoms with van der Waals surface area (Å²) in [5.74, 6) is -1.68. The molecule has 0 aromatic carbocycles. The van der Waals surface area contributed by atoms with Crippen molar-refractivity contribution >= 4 is 5.78 Å². The SMILES string of the molecule is O=C1C(O)=C[C@@H](O)[C@H](O)[C@H]1O. The average Bonchev–Trinajstić information content (AvgIpc) is 1.97. The third-order valence-corrected chi connectivity index (χ3v) is 1.52. The lowest BCUT2D eigenvalue weighted by molar-refractivity contribution is -0.138. The van der Waals surface area contributed by atoms with Crippen molar-refractivity contribution in [1.82, 2.24) is 0 Å². The van der Waals surface area contributed by atoms with E-state index >= 15 is 0 Å². The molecular formula is C6H8O5. The Kier molecular flexibility index (Phi) is 1.95. The van der Waals surface area contributed by atoms with Gasteiger partial charge in [0.05, 0.1) is 0 Å². The average molecular weight is 160 g/mol. The highest BCUT2D eigenvalue weighted by molar-refractivity contribution is 5.98. The minimum atomic E-state index is -1.73. The van der Waals surface area contributed by atoms with Crippen LogP contribution in [0.1, 0.15) is 0 Å². The molecule has 1 aliphatic carbocycles. The van der Waals surface area contributed by atoms with Gasteiger partial charge < -0.3 is 20.4 Å². The van der Waals surface area contributed by atoms with Crippen LogP contribution in [-0.2, 0) is 4.79 Å². The van der Waals surface area contributed by atoms with E-state index in [1.54, 1.807) is 0 Å². The Morgan fingerprint density at radius 3 is 2.36 bits per heavy atom. The molecule has 0 aliphatic heterocycles. The standard InChI is InChI=1S/C6H8O5/c7-2-1-3(8)5(10)6(11)4(2)9/h1-2,4,6-9,11H/t2-,4+,6-/m1/s1. The van der Waals surface area contributed by atoms with Crippen molar-refractivity contribution in [2.75, 3.05) is 0 Å². The van der Waals surface area contributed by atoms with Crippen LogP contribution in [0.25, 0.3) is 0 Å². The Bertz CT molecular complexity index is 209. The van der Waals surface area contributed by atoms with Gasteiger partial charge in [-0.05, 0) is 6.08 Å². The monoisotopic (exact) mass is 160 g/mol. The van der Waals surface area contributed by atoms with Crippen molar-refractivity contribution in [2.45, 2.75) is 18.3 Å². The topological polar surface area (TPSA) is 98.0 Å². The molecule has 4 N–H and O–H groups in total. The number of aliphatic hydroxyl groups excluding tert-OH is 4. The van der Waals surface area contributed by atoms with Crippen molar-refractivity contribution in [3.05, 3.63) is 11.8 Å².